The van der Waals surface area contributed by atoms with Gasteiger partial charge in [-0.1, -0.05) is 6.07 Å². The molecule has 0 saturated heterocycles. The van der Waals surface area contributed by atoms with Gasteiger partial charge in [0, 0.05) is 13.6 Å². The van der Waals surface area contributed by atoms with E-state index in [9.17, 15) is 14.0 Å². The molecule has 1 N–H and O–H groups in total. The molecule has 0 heterocycles. The molecule has 1 aromatic rings. The van der Waals surface area contributed by atoms with E-state index in [-0.39, 0.29) is 18.5 Å². The van der Waals surface area contributed by atoms with Gasteiger partial charge in [0.15, 0.2) is 0 Å². The minimum atomic E-state index is -0.992. The van der Waals surface area contributed by atoms with E-state index in [0.717, 1.165) is 5.56 Å². The van der Waals surface area contributed by atoms with Gasteiger partial charge in [0.25, 0.3) is 5.91 Å². The fraction of sp³-hybridized carbons (Fsp3) is 0.333. The van der Waals surface area contributed by atoms with E-state index in [1.165, 1.54) is 24.1 Å². The first-order valence-corrected chi connectivity index (χ1v) is 5.15. The van der Waals surface area contributed by atoms with Gasteiger partial charge < -0.3 is 10.0 Å². The quantitative estimate of drug-likeness (QED) is 0.869. The predicted octanol–water partition coefficient (Wildman–Crippen LogP) is 1.68. The standard InChI is InChI=1S/C12H14FNO3/c1-8-3-4-9(10(13)7-8)12(17)14(2)6-5-11(15)16/h3-4,7H,5-6H2,1-2H3,(H,15,16). The van der Waals surface area contributed by atoms with Crippen LogP contribution in [0, 0.1) is 12.7 Å². The van der Waals surface area contributed by atoms with E-state index in [1.54, 1.807) is 13.0 Å². The van der Waals surface area contributed by atoms with Crippen molar-refractivity contribution in [2.75, 3.05) is 13.6 Å². The largest absolute Gasteiger partial charge is 0.481 e. The van der Waals surface area contributed by atoms with Gasteiger partial charge >= 0.3 is 5.97 Å². The predicted molar refractivity (Wildman–Crippen MR) is 60.4 cm³/mol. The lowest BCUT2D eigenvalue weighted by atomic mass is 10.1. The summed E-state index contributed by atoms with van der Waals surface area (Å²) >= 11 is 0. The van der Waals surface area contributed by atoms with Crippen molar-refractivity contribution < 1.29 is 19.1 Å². The summed E-state index contributed by atoms with van der Waals surface area (Å²) in [6.07, 6.45) is -0.157. The van der Waals surface area contributed by atoms with E-state index in [2.05, 4.69) is 0 Å². The summed E-state index contributed by atoms with van der Waals surface area (Å²) in [7, 11) is 1.45. The first kappa shape index (κ1) is 13.2. The molecule has 92 valence electrons. The lowest BCUT2D eigenvalue weighted by molar-refractivity contribution is -0.137. The number of hydrogen-bond acceptors (Lipinski definition) is 2. The van der Waals surface area contributed by atoms with Gasteiger partial charge in [0.05, 0.1) is 12.0 Å². The summed E-state index contributed by atoms with van der Waals surface area (Å²) in [5.41, 5.74) is 0.690. The van der Waals surface area contributed by atoms with E-state index >= 15 is 0 Å². The molecular weight excluding hydrogens is 225 g/mol. The first-order valence-electron chi connectivity index (χ1n) is 5.15. The maximum absolute atomic E-state index is 13.5. The molecule has 4 nitrogen and oxygen atoms in total. The Morgan fingerprint density at radius 1 is 1.41 bits per heavy atom. The molecule has 0 aliphatic heterocycles. The van der Waals surface area contributed by atoms with Gasteiger partial charge in [-0.05, 0) is 24.6 Å². The summed E-state index contributed by atoms with van der Waals surface area (Å²) in [6.45, 7) is 1.78. The minimum Gasteiger partial charge on any atom is -0.481 e. The molecule has 0 unspecified atom stereocenters. The van der Waals surface area contributed by atoms with Crippen molar-refractivity contribution in [3.63, 3.8) is 0 Å². The van der Waals surface area contributed by atoms with Crippen molar-refractivity contribution >= 4 is 11.9 Å². The first-order chi connectivity index (χ1) is 7.91. The molecular formula is C12H14FNO3. The number of amides is 1. The van der Waals surface area contributed by atoms with Crippen molar-refractivity contribution in [1.29, 1.82) is 0 Å². The van der Waals surface area contributed by atoms with Crippen molar-refractivity contribution in [3.05, 3.63) is 35.1 Å². The third kappa shape index (κ3) is 3.55. The Morgan fingerprint density at radius 2 is 2.06 bits per heavy atom. The number of carbonyl (C=O) groups excluding carboxylic acids is 1. The third-order valence-electron chi connectivity index (χ3n) is 2.36. The van der Waals surface area contributed by atoms with E-state index in [1.807, 2.05) is 0 Å². The number of rotatable bonds is 4. The van der Waals surface area contributed by atoms with Crippen LogP contribution in [0.15, 0.2) is 18.2 Å². The molecule has 0 radical (unpaired) electrons. The molecule has 17 heavy (non-hydrogen) atoms. The normalized spacial score (nSPS) is 10.1. The summed E-state index contributed by atoms with van der Waals surface area (Å²) in [4.78, 5) is 23.3. The van der Waals surface area contributed by atoms with Crippen LogP contribution < -0.4 is 0 Å². The minimum absolute atomic E-state index is 0.0384. The molecule has 0 aliphatic carbocycles. The second kappa shape index (κ2) is 5.43. The molecule has 1 amide bonds. The van der Waals surface area contributed by atoms with Crippen LogP contribution in [-0.2, 0) is 4.79 Å². The molecule has 0 spiro atoms. The smallest absolute Gasteiger partial charge is 0.305 e. The van der Waals surface area contributed by atoms with E-state index in [0.29, 0.717) is 0 Å². The molecule has 0 fully saturated rings. The fourth-order valence-electron chi connectivity index (χ4n) is 1.36. The van der Waals surface area contributed by atoms with Crippen LogP contribution in [0.4, 0.5) is 4.39 Å². The Hall–Kier alpha value is -1.91. The lowest BCUT2D eigenvalue weighted by Crippen LogP contribution is -2.29. The molecule has 0 bridgehead atoms. The summed E-state index contributed by atoms with van der Waals surface area (Å²) in [5.74, 6) is -2.09. The second-order valence-corrected chi connectivity index (χ2v) is 3.85. The zero-order chi connectivity index (χ0) is 13.0. The Kier molecular flexibility index (Phi) is 4.20. The van der Waals surface area contributed by atoms with Gasteiger partial charge in [-0.3, -0.25) is 9.59 Å². The molecule has 1 rings (SSSR count). The average molecular weight is 239 g/mol. The Labute approximate surface area is 98.7 Å². The number of carboxylic acids is 1. The van der Waals surface area contributed by atoms with Crippen molar-refractivity contribution in [2.45, 2.75) is 13.3 Å². The zero-order valence-electron chi connectivity index (χ0n) is 9.74. The van der Waals surface area contributed by atoms with Crippen LogP contribution in [-0.4, -0.2) is 35.5 Å². The lowest BCUT2D eigenvalue weighted by Gasteiger charge is -2.16. The number of nitrogens with zero attached hydrogens (tertiary/aromatic N) is 1. The number of aryl methyl sites for hydroxylation is 1. The fourth-order valence-corrected chi connectivity index (χ4v) is 1.36. The van der Waals surface area contributed by atoms with Crippen molar-refractivity contribution in [2.24, 2.45) is 0 Å². The van der Waals surface area contributed by atoms with Crippen molar-refractivity contribution in [1.82, 2.24) is 4.90 Å². The highest BCUT2D eigenvalue weighted by Crippen LogP contribution is 2.12. The monoisotopic (exact) mass is 239 g/mol. The summed E-state index contributed by atoms with van der Waals surface area (Å²) < 4.78 is 13.5. The molecule has 0 aliphatic rings. The summed E-state index contributed by atoms with van der Waals surface area (Å²) in [6, 6.07) is 4.32. The number of hydrogen-bond donors (Lipinski definition) is 1. The second-order valence-electron chi connectivity index (χ2n) is 3.85. The van der Waals surface area contributed by atoms with Crippen LogP contribution >= 0.6 is 0 Å². The Balaban J connectivity index is 2.78. The van der Waals surface area contributed by atoms with Crippen molar-refractivity contribution in [3.8, 4) is 0 Å². The van der Waals surface area contributed by atoms with Gasteiger partial charge in [0.1, 0.15) is 5.82 Å². The number of aliphatic carboxylic acids is 1. The maximum atomic E-state index is 13.5. The average Bonchev–Trinajstić information content (AvgIpc) is 2.25. The molecule has 1 aromatic carbocycles. The number of carboxylic acid groups (broad SMARTS) is 1. The highest BCUT2D eigenvalue weighted by Gasteiger charge is 2.16. The highest BCUT2D eigenvalue weighted by atomic mass is 19.1. The molecule has 0 atom stereocenters. The van der Waals surface area contributed by atoms with E-state index < -0.39 is 17.7 Å². The van der Waals surface area contributed by atoms with Gasteiger partial charge in [-0.15, -0.1) is 0 Å². The SMILES string of the molecule is Cc1ccc(C(=O)N(C)CCC(=O)O)c(F)c1. The van der Waals surface area contributed by atoms with Gasteiger partial charge in [0.2, 0.25) is 0 Å². The number of benzene rings is 1. The van der Waals surface area contributed by atoms with Crippen LogP contribution in [0.2, 0.25) is 0 Å². The number of carbonyl (C=O) groups is 2. The van der Waals surface area contributed by atoms with E-state index in [4.69, 9.17) is 5.11 Å². The molecule has 0 saturated carbocycles. The van der Waals surface area contributed by atoms with Gasteiger partial charge in [-0.2, -0.15) is 0 Å². The van der Waals surface area contributed by atoms with Crippen LogP contribution in [0.25, 0.3) is 0 Å². The Morgan fingerprint density at radius 3 is 2.59 bits per heavy atom. The molecule has 0 aromatic heterocycles. The highest BCUT2D eigenvalue weighted by molar-refractivity contribution is 5.94. The van der Waals surface area contributed by atoms with Gasteiger partial charge in [-0.25, -0.2) is 4.39 Å². The van der Waals surface area contributed by atoms with Crippen LogP contribution in [0.5, 0.6) is 0 Å². The third-order valence-corrected chi connectivity index (χ3v) is 2.36. The summed E-state index contributed by atoms with van der Waals surface area (Å²) in [5, 5.41) is 8.49. The zero-order valence-corrected chi connectivity index (χ0v) is 9.74. The van der Waals surface area contributed by atoms with Crippen LogP contribution in [0.1, 0.15) is 22.3 Å². The topological polar surface area (TPSA) is 57.6 Å². The maximum Gasteiger partial charge on any atom is 0.305 e. The Bertz CT molecular complexity index is 445. The number of halogens is 1. The molecule has 5 heteroatoms. The van der Waals surface area contributed by atoms with Crippen LogP contribution in [0.3, 0.4) is 0 Å².